The number of hydrogen-bond acceptors (Lipinski definition) is 4. The molecule has 0 radical (unpaired) electrons. The fourth-order valence-electron chi connectivity index (χ4n) is 3.22. The van der Waals surface area contributed by atoms with E-state index in [1.165, 1.54) is 11.3 Å². The molecule has 0 aliphatic rings. The monoisotopic (exact) mass is 410 g/mol. The Labute approximate surface area is 175 Å². The summed E-state index contributed by atoms with van der Waals surface area (Å²) in [5.41, 5.74) is 2.91. The van der Waals surface area contributed by atoms with Crippen molar-refractivity contribution in [2.75, 3.05) is 6.61 Å². The molecule has 1 atom stereocenters. The van der Waals surface area contributed by atoms with Crippen molar-refractivity contribution in [1.82, 2.24) is 9.88 Å². The highest BCUT2D eigenvalue weighted by Gasteiger charge is 2.17. The van der Waals surface area contributed by atoms with E-state index in [1.54, 1.807) is 4.57 Å². The minimum Gasteiger partial charge on any atom is -0.494 e. The first kappa shape index (κ1) is 20.9. The van der Waals surface area contributed by atoms with Gasteiger partial charge in [0.05, 0.1) is 12.6 Å². The van der Waals surface area contributed by atoms with Crippen LogP contribution in [0.1, 0.15) is 41.1 Å². The summed E-state index contributed by atoms with van der Waals surface area (Å²) in [6.07, 6.45) is 0.247. The summed E-state index contributed by atoms with van der Waals surface area (Å²) in [5, 5.41) is 3.13. The first-order valence-corrected chi connectivity index (χ1v) is 10.5. The largest absolute Gasteiger partial charge is 0.494 e. The maximum Gasteiger partial charge on any atom is 0.307 e. The number of benzene rings is 2. The number of thiazole rings is 1. The molecule has 0 fully saturated rings. The summed E-state index contributed by atoms with van der Waals surface area (Å²) in [7, 11) is 0. The van der Waals surface area contributed by atoms with Crippen LogP contribution in [0.3, 0.4) is 0 Å². The fraction of sp³-hybridized carbons (Fsp3) is 0.304. The molecule has 2 aromatic carbocycles. The SMILES string of the molecule is CCOc1ccc(C(NC(=O)CCn2c(C)c(C)sc2=O)c2ccccc2)cc1. The highest BCUT2D eigenvalue weighted by molar-refractivity contribution is 7.09. The maximum absolute atomic E-state index is 12.7. The molecule has 0 spiro atoms. The van der Waals surface area contributed by atoms with E-state index in [1.807, 2.05) is 75.4 Å². The van der Waals surface area contributed by atoms with Crippen LogP contribution >= 0.6 is 11.3 Å². The van der Waals surface area contributed by atoms with E-state index < -0.39 is 0 Å². The lowest BCUT2D eigenvalue weighted by atomic mass is 9.98. The van der Waals surface area contributed by atoms with Gasteiger partial charge < -0.3 is 14.6 Å². The smallest absolute Gasteiger partial charge is 0.307 e. The van der Waals surface area contributed by atoms with Gasteiger partial charge in [0, 0.05) is 23.5 Å². The minimum atomic E-state index is -0.263. The zero-order valence-electron chi connectivity index (χ0n) is 17.0. The average Bonchev–Trinajstić information content (AvgIpc) is 2.97. The number of carbonyl (C=O) groups excluding carboxylic acids is 1. The van der Waals surface area contributed by atoms with E-state index in [0.717, 1.165) is 27.4 Å². The standard InChI is InChI=1S/C23H26N2O3S/c1-4-28-20-12-10-19(11-13-20)22(18-8-6-5-7-9-18)24-21(26)14-15-25-16(2)17(3)29-23(25)27/h5-13,22H,4,14-15H2,1-3H3,(H,24,26). The van der Waals surface area contributed by atoms with Gasteiger partial charge in [-0.25, -0.2) is 0 Å². The Morgan fingerprint density at radius 2 is 1.72 bits per heavy atom. The summed E-state index contributed by atoms with van der Waals surface area (Å²) in [6, 6.07) is 17.4. The van der Waals surface area contributed by atoms with Crippen LogP contribution in [0.25, 0.3) is 0 Å². The molecule has 1 aromatic heterocycles. The summed E-state index contributed by atoms with van der Waals surface area (Å²) in [5.74, 6) is 0.708. The molecule has 5 nitrogen and oxygen atoms in total. The summed E-state index contributed by atoms with van der Waals surface area (Å²) < 4.78 is 7.20. The van der Waals surface area contributed by atoms with Crippen LogP contribution in [-0.2, 0) is 11.3 Å². The van der Waals surface area contributed by atoms with E-state index in [-0.39, 0.29) is 23.2 Å². The van der Waals surface area contributed by atoms with Gasteiger partial charge in [-0.1, -0.05) is 53.8 Å². The van der Waals surface area contributed by atoms with Gasteiger partial charge in [-0.3, -0.25) is 9.59 Å². The molecule has 3 aromatic rings. The topological polar surface area (TPSA) is 60.3 Å². The fourth-order valence-corrected chi connectivity index (χ4v) is 4.08. The third kappa shape index (κ3) is 5.15. The molecule has 0 aliphatic carbocycles. The van der Waals surface area contributed by atoms with Gasteiger partial charge in [0.1, 0.15) is 5.75 Å². The third-order valence-corrected chi connectivity index (χ3v) is 5.90. The number of aromatic nitrogens is 1. The van der Waals surface area contributed by atoms with Crippen molar-refractivity contribution in [3.63, 3.8) is 0 Å². The van der Waals surface area contributed by atoms with Gasteiger partial charge in [0.15, 0.2) is 0 Å². The van der Waals surface area contributed by atoms with Gasteiger partial charge in [-0.15, -0.1) is 0 Å². The lowest BCUT2D eigenvalue weighted by Gasteiger charge is -2.20. The van der Waals surface area contributed by atoms with Gasteiger partial charge in [-0.2, -0.15) is 0 Å². The van der Waals surface area contributed by atoms with E-state index in [4.69, 9.17) is 4.74 Å². The third-order valence-electron chi connectivity index (χ3n) is 4.90. The molecular formula is C23H26N2O3S. The molecule has 3 rings (SSSR count). The van der Waals surface area contributed by atoms with Crippen LogP contribution in [0.4, 0.5) is 0 Å². The number of rotatable bonds is 8. The predicted molar refractivity (Wildman–Crippen MR) is 117 cm³/mol. The molecule has 0 bridgehead atoms. The van der Waals surface area contributed by atoms with Crippen molar-refractivity contribution < 1.29 is 9.53 Å². The molecule has 1 unspecified atom stereocenters. The Balaban J connectivity index is 1.76. The number of ether oxygens (including phenoxy) is 1. The number of hydrogen-bond donors (Lipinski definition) is 1. The minimum absolute atomic E-state index is 0.0149. The number of carbonyl (C=O) groups is 1. The first-order chi connectivity index (χ1) is 14.0. The molecule has 1 amide bonds. The van der Waals surface area contributed by atoms with E-state index in [0.29, 0.717) is 13.2 Å². The van der Waals surface area contributed by atoms with Crippen molar-refractivity contribution in [2.24, 2.45) is 0 Å². The number of nitrogens with one attached hydrogen (secondary N) is 1. The first-order valence-electron chi connectivity index (χ1n) is 9.73. The summed E-state index contributed by atoms with van der Waals surface area (Å²) in [4.78, 5) is 25.8. The van der Waals surface area contributed by atoms with Crippen LogP contribution in [-0.4, -0.2) is 17.1 Å². The predicted octanol–water partition coefficient (Wildman–Crippen LogP) is 4.22. The zero-order valence-corrected chi connectivity index (χ0v) is 17.8. The van der Waals surface area contributed by atoms with Crippen molar-refractivity contribution >= 4 is 17.2 Å². The molecule has 152 valence electrons. The Hall–Kier alpha value is -2.86. The van der Waals surface area contributed by atoms with Gasteiger partial charge in [-0.05, 0) is 44.0 Å². The number of amides is 1. The van der Waals surface area contributed by atoms with Gasteiger partial charge in [0.25, 0.3) is 0 Å². The summed E-state index contributed by atoms with van der Waals surface area (Å²) in [6.45, 7) is 6.78. The Morgan fingerprint density at radius 3 is 2.31 bits per heavy atom. The summed E-state index contributed by atoms with van der Waals surface area (Å²) >= 11 is 1.22. The van der Waals surface area contributed by atoms with Crippen molar-refractivity contribution in [3.8, 4) is 5.75 Å². The Kier molecular flexibility index (Phi) is 6.88. The Morgan fingerprint density at radius 1 is 1.07 bits per heavy atom. The highest BCUT2D eigenvalue weighted by atomic mass is 32.1. The normalized spacial score (nSPS) is 11.8. The van der Waals surface area contributed by atoms with E-state index >= 15 is 0 Å². The van der Waals surface area contributed by atoms with Crippen molar-refractivity contribution in [3.05, 3.63) is 86.0 Å². The Bertz CT molecular complexity index is 1010. The molecule has 6 heteroatoms. The van der Waals surface area contributed by atoms with Gasteiger partial charge in [0.2, 0.25) is 5.91 Å². The second-order valence-corrected chi connectivity index (χ2v) is 7.99. The molecule has 1 heterocycles. The van der Waals surface area contributed by atoms with E-state index in [9.17, 15) is 9.59 Å². The van der Waals surface area contributed by atoms with Crippen LogP contribution in [0.2, 0.25) is 0 Å². The molecule has 0 aliphatic heterocycles. The van der Waals surface area contributed by atoms with Crippen LogP contribution in [0, 0.1) is 13.8 Å². The lowest BCUT2D eigenvalue weighted by Crippen LogP contribution is -2.30. The quantitative estimate of drug-likeness (QED) is 0.605. The zero-order chi connectivity index (χ0) is 20.8. The second kappa shape index (κ2) is 9.56. The van der Waals surface area contributed by atoms with Crippen LogP contribution in [0.15, 0.2) is 59.4 Å². The van der Waals surface area contributed by atoms with E-state index in [2.05, 4.69) is 5.32 Å². The lowest BCUT2D eigenvalue weighted by molar-refractivity contribution is -0.121. The molecule has 0 saturated heterocycles. The van der Waals surface area contributed by atoms with Crippen LogP contribution < -0.4 is 14.9 Å². The molecular weight excluding hydrogens is 384 g/mol. The molecule has 0 saturated carbocycles. The number of aryl methyl sites for hydroxylation is 1. The molecule has 29 heavy (non-hydrogen) atoms. The molecule has 1 N–H and O–H groups in total. The second-order valence-electron chi connectivity index (χ2n) is 6.82. The highest BCUT2D eigenvalue weighted by Crippen LogP contribution is 2.24. The van der Waals surface area contributed by atoms with Crippen molar-refractivity contribution in [1.29, 1.82) is 0 Å². The average molecular weight is 411 g/mol. The maximum atomic E-state index is 12.7. The van der Waals surface area contributed by atoms with Crippen LogP contribution in [0.5, 0.6) is 5.75 Å². The van der Waals surface area contributed by atoms with Gasteiger partial charge >= 0.3 is 4.87 Å². The van der Waals surface area contributed by atoms with Crippen molar-refractivity contribution in [2.45, 2.75) is 39.8 Å². The number of nitrogens with zero attached hydrogens (tertiary/aromatic N) is 1.